The minimum Gasteiger partial charge on any atom is -0.350 e. The first-order valence-electron chi connectivity index (χ1n) is 8.02. The number of halogens is 2. The lowest BCUT2D eigenvalue weighted by atomic mass is 10.1. The Kier molecular flexibility index (Phi) is 5.13. The molecule has 1 aromatic carbocycles. The van der Waals surface area contributed by atoms with E-state index in [0.29, 0.717) is 0 Å². The fourth-order valence-corrected chi connectivity index (χ4v) is 5.70. The van der Waals surface area contributed by atoms with Crippen LogP contribution in [0.25, 0.3) is 0 Å². The molecule has 2 aliphatic rings. The fraction of sp³-hybridized carbons (Fsp3) is 0.562. The van der Waals surface area contributed by atoms with Crippen LogP contribution in [0.15, 0.2) is 18.2 Å². The highest BCUT2D eigenvalue weighted by atomic mass is 35.5. The van der Waals surface area contributed by atoms with Gasteiger partial charge in [-0.05, 0) is 38.1 Å². The van der Waals surface area contributed by atoms with Gasteiger partial charge in [0.2, 0.25) is 5.91 Å². The van der Waals surface area contributed by atoms with E-state index < -0.39 is 27.6 Å². The van der Waals surface area contributed by atoms with Crippen molar-refractivity contribution in [2.24, 2.45) is 0 Å². The standard InChI is InChI=1S/C16H20ClFN2O3S/c17-12-4-3-5-13(18)11(12)8-16(21)19-14-9-24(22,23)10-15(14)20-6-1-2-7-20/h3-5,14-15H,1-2,6-10H2,(H,19,21). The van der Waals surface area contributed by atoms with Crippen LogP contribution in [0.2, 0.25) is 5.02 Å². The fourth-order valence-electron chi connectivity index (χ4n) is 3.52. The number of nitrogens with zero attached hydrogens (tertiary/aromatic N) is 1. The van der Waals surface area contributed by atoms with Crippen LogP contribution in [0.1, 0.15) is 18.4 Å². The van der Waals surface area contributed by atoms with E-state index in [0.717, 1.165) is 25.9 Å². The molecule has 2 heterocycles. The molecule has 0 spiro atoms. The highest BCUT2D eigenvalue weighted by Crippen LogP contribution is 2.23. The van der Waals surface area contributed by atoms with Gasteiger partial charge in [-0.2, -0.15) is 0 Å². The first-order valence-corrected chi connectivity index (χ1v) is 10.2. The van der Waals surface area contributed by atoms with E-state index in [1.54, 1.807) is 0 Å². The number of hydrogen-bond donors (Lipinski definition) is 1. The zero-order valence-electron chi connectivity index (χ0n) is 13.2. The van der Waals surface area contributed by atoms with Crippen molar-refractivity contribution >= 4 is 27.3 Å². The van der Waals surface area contributed by atoms with Gasteiger partial charge in [-0.15, -0.1) is 0 Å². The van der Waals surface area contributed by atoms with Crippen LogP contribution in [0.5, 0.6) is 0 Å². The van der Waals surface area contributed by atoms with Crippen LogP contribution in [0, 0.1) is 5.82 Å². The van der Waals surface area contributed by atoms with E-state index in [9.17, 15) is 17.6 Å². The van der Waals surface area contributed by atoms with Gasteiger partial charge in [0.25, 0.3) is 0 Å². The molecule has 2 unspecified atom stereocenters. The van der Waals surface area contributed by atoms with E-state index in [1.165, 1.54) is 18.2 Å². The van der Waals surface area contributed by atoms with E-state index in [1.807, 2.05) is 0 Å². The van der Waals surface area contributed by atoms with Gasteiger partial charge in [-0.1, -0.05) is 17.7 Å². The van der Waals surface area contributed by atoms with Crippen molar-refractivity contribution in [3.8, 4) is 0 Å². The van der Waals surface area contributed by atoms with Crippen molar-refractivity contribution in [3.05, 3.63) is 34.6 Å². The molecule has 8 heteroatoms. The number of benzene rings is 1. The van der Waals surface area contributed by atoms with Crippen LogP contribution in [-0.4, -0.2) is 55.9 Å². The normalized spacial score (nSPS) is 26.6. The first kappa shape index (κ1) is 17.6. The Morgan fingerprint density at radius 2 is 2.00 bits per heavy atom. The molecule has 2 fully saturated rings. The highest BCUT2D eigenvalue weighted by Gasteiger charge is 2.42. The lowest BCUT2D eigenvalue weighted by Gasteiger charge is -2.28. The number of amides is 1. The van der Waals surface area contributed by atoms with Gasteiger partial charge in [0.15, 0.2) is 9.84 Å². The monoisotopic (exact) mass is 374 g/mol. The van der Waals surface area contributed by atoms with E-state index in [-0.39, 0.29) is 34.6 Å². The van der Waals surface area contributed by atoms with E-state index >= 15 is 0 Å². The Balaban J connectivity index is 1.70. The molecule has 0 aromatic heterocycles. The molecule has 1 N–H and O–H groups in total. The molecule has 0 aliphatic carbocycles. The molecule has 0 radical (unpaired) electrons. The van der Waals surface area contributed by atoms with Gasteiger partial charge in [0, 0.05) is 16.6 Å². The minimum absolute atomic E-state index is 0.0646. The van der Waals surface area contributed by atoms with Gasteiger partial charge in [0.1, 0.15) is 5.82 Å². The summed E-state index contributed by atoms with van der Waals surface area (Å²) in [6.45, 7) is 1.71. The van der Waals surface area contributed by atoms with Crippen LogP contribution >= 0.6 is 11.6 Å². The Morgan fingerprint density at radius 3 is 2.67 bits per heavy atom. The number of sulfone groups is 1. The number of rotatable bonds is 4. The lowest BCUT2D eigenvalue weighted by molar-refractivity contribution is -0.121. The maximum atomic E-state index is 13.8. The minimum atomic E-state index is -3.17. The number of hydrogen-bond acceptors (Lipinski definition) is 4. The second-order valence-corrected chi connectivity index (χ2v) is 9.00. The maximum absolute atomic E-state index is 13.8. The molecule has 5 nitrogen and oxygen atoms in total. The number of likely N-dealkylation sites (tertiary alicyclic amines) is 1. The Bertz CT molecular complexity index is 715. The topological polar surface area (TPSA) is 66.5 Å². The van der Waals surface area contributed by atoms with Crippen molar-refractivity contribution in [2.75, 3.05) is 24.6 Å². The average molecular weight is 375 g/mol. The van der Waals surface area contributed by atoms with Crippen LogP contribution in [0.3, 0.4) is 0 Å². The third kappa shape index (κ3) is 3.90. The molecule has 1 aromatic rings. The molecule has 1 amide bonds. The smallest absolute Gasteiger partial charge is 0.224 e. The van der Waals surface area contributed by atoms with E-state index in [4.69, 9.17) is 11.6 Å². The summed E-state index contributed by atoms with van der Waals surface area (Å²) in [6, 6.07) is 3.61. The number of carbonyl (C=O) groups is 1. The van der Waals surface area contributed by atoms with Crippen molar-refractivity contribution in [1.29, 1.82) is 0 Å². The van der Waals surface area contributed by atoms with Crippen molar-refractivity contribution in [3.63, 3.8) is 0 Å². The zero-order valence-corrected chi connectivity index (χ0v) is 14.7. The summed E-state index contributed by atoms with van der Waals surface area (Å²) in [4.78, 5) is 14.4. The molecule has 24 heavy (non-hydrogen) atoms. The third-order valence-corrected chi connectivity index (χ3v) is 6.75. The molecule has 0 saturated carbocycles. The summed E-state index contributed by atoms with van der Waals surface area (Å²) in [6.07, 6.45) is 1.89. The molecular weight excluding hydrogens is 355 g/mol. The summed E-state index contributed by atoms with van der Waals surface area (Å²) in [5.41, 5.74) is 0.134. The largest absolute Gasteiger partial charge is 0.350 e. The Morgan fingerprint density at radius 1 is 1.29 bits per heavy atom. The molecule has 2 aliphatic heterocycles. The van der Waals surface area contributed by atoms with Gasteiger partial charge in [0.05, 0.1) is 24.0 Å². The van der Waals surface area contributed by atoms with Crippen LogP contribution < -0.4 is 5.32 Å². The molecule has 2 saturated heterocycles. The molecule has 132 valence electrons. The maximum Gasteiger partial charge on any atom is 0.224 e. The van der Waals surface area contributed by atoms with Crippen molar-refractivity contribution in [2.45, 2.75) is 31.3 Å². The summed E-state index contributed by atoms with van der Waals surface area (Å²) in [5.74, 6) is -0.940. The molecule has 2 atom stereocenters. The first-order chi connectivity index (χ1) is 11.4. The summed E-state index contributed by atoms with van der Waals surface area (Å²) in [7, 11) is -3.17. The average Bonchev–Trinajstić information content (AvgIpc) is 3.10. The van der Waals surface area contributed by atoms with Gasteiger partial charge < -0.3 is 5.32 Å². The summed E-state index contributed by atoms with van der Waals surface area (Å²) >= 11 is 5.94. The summed E-state index contributed by atoms with van der Waals surface area (Å²) < 4.78 is 37.8. The molecular formula is C16H20ClFN2O3S. The predicted molar refractivity (Wildman–Crippen MR) is 90.3 cm³/mol. The van der Waals surface area contributed by atoms with E-state index in [2.05, 4.69) is 10.2 Å². The van der Waals surface area contributed by atoms with Gasteiger partial charge in [-0.3, -0.25) is 9.69 Å². The summed E-state index contributed by atoms with van der Waals surface area (Å²) in [5, 5.41) is 2.97. The molecule has 3 rings (SSSR count). The van der Waals surface area contributed by atoms with Crippen molar-refractivity contribution < 1.29 is 17.6 Å². The van der Waals surface area contributed by atoms with Gasteiger partial charge in [-0.25, -0.2) is 12.8 Å². The second kappa shape index (κ2) is 6.98. The second-order valence-electron chi connectivity index (χ2n) is 6.44. The van der Waals surface area contributed by atoms with Crippen LogP contribution in [0.4, 0.5) is 4.39 Å². The predicted octanol–water partition coefficient (Wildman–Crippen LogP) is 1.40. The quantitative estimate of drug-likeness (QED) is 0.865. The Labute approximate surface area is 146 Å². The van der Waals surface area contributed by atoms with Gasteiger partial charge >= 0.3 is 0 Å². The number of carbonyl (C=O) groups excluding carboxylic acids is 1. The SMILES string of the molecule is O=C(Cc1c(F)cccc1Cl)NC1CS(=O)(=O)CC1N1CCCC1. The number of nitrogens with one attached hydrogen (secondary N) is 1. The highest BCUT2D eigenvalue weighted by molar-refractivity contribution is 7.91. The third-order valence-electron chi connectivity index (χ3n) is 4.68. The zero-order chi connectivity index (χ0) is 17.3. The lowest BCUT2D eigenvalue weighted by Crippen LogP contribution is -2.50. The van der Waals surface area contributed by atoms with Crippen LogP contribution in [-0.2, 0) is 21.1 Å². The van der Waals surface area contributed by atoms with Crippen molar-refractivity contribution in [1.82, 2.24) is 10.2 Å². The molecule has 0 bridgehead atoms. The Hall–Kier alpha value is -1.18.